The van der Waals surface area contributed by atoms with Crippen molar-refractivity contribution in [2.24, 2.45) is 0 Å². The summed E-state index contributed by atoms with van der Waals surface area (Å²) in [4.78, 5) is 14.6. The van der Waals surface area contributed by atoms with Gasteiger partial charge in [-0.15, -0.1) is 0 Å². The Labute approximate surface area is 336 Å². The molecule has 2 heterocycles. The van der Waals surface area contributed by atoms with E-state index in [0.717, 1.165) is 44.8 Å². The Hall–Kier alpha value is -7.75. The molecule has 0 radical (unpaired) electrons. The lowest BCUT2D eigenvalue weighted by Gasteiger charge is -2.17. The number of rotatable bonds is 6. The summed E-state index contributed by atoms with van der Waals surface area (Å²) in [5.74, 6) is 0.687. The first-order valence-electron chi connectivity index (χ1n) is 19.7. The zero-order valence-corrected chi connectivity index (χ0v) is 31.5. The molecule has 0 spiro atoms. The first-order chi connectivity index (χ1) is 28.7. The summed E-state index contributed by atoms with van der Waals surface area (Å²) in [6.07, 6.45) is 3.65. The molecule has 0 amide bonds. The van der Waals surface area contributed by atoms with E-state index in [4.69, 9.17) is 9.97 Å². The highest BCUT2D eigenvalue weighted by Gasteiger charge is 2.17. The van der Waals surface area contributed by atoms with E-state index in [1.54, 1.807) is 0 Å². The summed E-state index contributed by atoms with van der Waals surface area (Å²) in [5.41, 5.74) is 11.9. The van der Waals surface area contributed by atoms with Crippen molar-refractivity contribution in [2.45, 2.75) is 0 Å². The maximum Gasteiger partial charge on any atom is 0.160 e. The highest BCUT2D eigenvalue weighted by atomic mass is 14.9. The highest BCUT2D eigenvalue weighted by Crippen LogP contribution is 2.43. The van der Waals surface area contributed by atoms with Gasteiger partial charge in [-0.2, -0.15) is 0 Å². The lowest BCUT2D eigenvalue weighted by atomic mass is 9.86. The van der Waals surface area contributed by atoms with E-state index in [0.29, 0.717) is 5.82 Å². The van der Waals surface area contributed by atoms with E-state index in [-0.39, 0.29) is 0 Å². The summed E-state index contributed by atoms with van der Waals surface area (Å²) >= 11 is 0. The van der Waals surface area contributed by atoms with Gasteiger partial charge in [-0.05, 0) is 113 Å². The van der Waals surface area contributed by atoms with E-state index in [1.807, 2.05) is 30.6 Å². The van der Waals surface area contributed by atoms with E-state index < -0.39 is 0 Å². The van der Waals surface area contributed by atoms with Crippen LogP contribution in [0.15, 0.2) is 213 Å². The lowest BCUT2D eigenvalue weighted by molar-refractivity contribution is 1.18. The molecule has 0 aliphatic carbocycles. The Morgan fingerprint density at radius 1 is 0.259 bits per heavy atom. The van der Waals surface area contributed by atoms with E-state index in [9.17, 15) is 0 Å². The molecule has 2 aromatic heterocycles. The van der Waals surface area contributed by atoms with Gasteiger partial charge in [0.1, 0.15) is 0 Å². The number of nitrogens with zero attached hydrogens (tertiary/aromatic N) is 3. The van der Waals surface area contributed by atoms with Crippen molar-refractivity contribution < 1.29 is 0 Å². The molecule has 11 rings (SSSR count). The molecule has 0 saturated heterocycles. The number of aromatic nitrogens is 3. The van der Waals surface area contributed by atoms with Gasteiger partial charge in [0.25, 0.3) is 0 Å². The average Bonchev–Trinajstić information content (AvgIpc) is 3.31. The number of pyridine rings is 1. The molecule has 0 unspecified atom stereocenters. The van der Waals surface area contributed by atoms with Crippen molar-refractivity contribution in [3.8, 4) is 67.3 Å². The van der Waals surface area contributed by atoms with Crippen LogP contribution in [0.1, 0.15) is 0 Å². The topological polar surface area (TPSA) is 38.7 Å². The molecule has 0 aliphatic heterocycles. The van der Waals surface area contributed by atoms with Crippen LogP contribution in [0.2, 0.25) is 0 Å². The number of fused-ring (bicyclic) bond motifs is 6. The highest BCUT2D eigenvalue weighted by molar-refractivity contribution is 6.24. The molecule has 270 valence electrons. The van der Waals surface area contributed by atoms with Crippen molar-refractivity contribution in [1.82, 2.24) is 15.0 Å². The van der Waals surface area contributed by atoms with Crippen LogP contribution in [-0.2, 0) is 0 Å². The third-order valence-electron chi connectivity index (χ3n) is 11.4. The minimum absolute atomic E-state index is 0.687. The number of hydrogen-bond acceptors (Lipinski definition) is 3. The zero-order valence-electron chi connectivity index (χ0n) is 31.5. The second-order valence-corrected chi connectivity index (χ2v) is 14.8. The summed E-state index contributed by atoms with van der Waals surface area (Å²) in [7, 11) is 0. The van der Waals surface area contributed by atoms with Crippen LogP contribution < -0.4 is 0 Å². The Morgan fingerprint density at radius 2 is 0.759 bits per heavy atom. The quantitative estimate of drug-likeness (QED) is 0.160. The van der Waals surface area contributed by atoms with Gasteiger partial charge >= 0.3 is 0 Å². The van der Waals surface area contributed by atoms with E-state index in [2.05, 4.69) is 187 Å². The van der Waals surface area contributed by atoms with Crippen LogP contribution in [0.4, 0.5) is 0 Å². The average molecular weight is 738 g/mol. The molecule has 3 nitrogen and oxygen atoms in total. The molecule has 0 atom stereocenters. The Kier molecular flexibility index (Phi) is 8.15. The monoisotopic (exact) mass is 737 g/mol. The van der Waals surface area contributed by atoms with Gasteiger partial charge in [0, 0.05) is 29.1 Å². The fraction of sp³-hybridized carbons (Fsp3) is 0. The van der Waals surface area contributed by atoms with Crippen LogP contribution in [-0.4, -0.2) is 15.0 Å². The van der Waals surface area contributed by atoms with Gasteiger partial charge in [-0.25, -0.2) is 9.97 Å². The molecular weight excluding hydrogens is 703 g/mol. The molecule has 0 N–H and O–H groups in total. The minimum atomic E-state index is 0.687. The second kappa shape index (κ2) is 14.1. The summed E-state index contributed by atoms with van der Waals surface area (Å²) in [6.45, 7) is 0. The standard InChI is InChI=1S/C55H35N3/c1-2-13-39(14-3-1)53-35-54(40-26-24-36(25-27-40)37-28-30-56-31-29-37)58-55(57-53)42-17-10-16-41(32-42)49-33-51-48-22-9-8-21-47(48)50(34-52(51)46-20-7-6-19-45(46)49)44-23-11-15-38-12-4-5-18-43(38)44/h1-35H. The number of benzene rings is 9. The van der Waals surface area contributed by atoms with Crippen molar-refractivity contribution >= 4 is 43.1 Å². The van der Waals surface area contributed by atoms with Gasteiger partial charge in [0.15, 0.2) is 5.82 Å². The molecule has 11 aromatic rings. The van der Waals surface area contributed by atoms with Gasteiger partial charge in [0.05, 0.1) is 11.4 Å². The van der Waals surface area contributed by atoms with E-state index in [1.165, 1.54) is 59.8 Å². The lowest BCUT2D eigenvalue weighted by Crippen LogP contribution is -1.96. The number of hydrogen-bond donors (Lipinski definition) is 0. The van der Waals surface area contributed by atoms with Gasteiger partial charge < -0.3 is 0 Å². The SMILES string of the molecule is c1ccc(-c2cc(-c3ccc(-c4ccncc4)cc3)nc(-c3cccc(-c4cc5c6ccccc6c(-c6cccc7ccccc67)cc5c5ccccc45)c3)n2)cc1. The maximum absolute atomic E-state index is 5.23. The van der Waals surface area contributed by atoms with Crippen molar-refractivity contribution in [3.63, 3.8) is 0 Å². The first kappa shape index (κ1) is 33.6. The summed E-state index contributed by atoms with van der Waals surface area (Å²) < 4.78 is 0. The fourth-order valence-electron chi connectivity index (χ4n) is 8.56. The summed E-state index contributed by atoms with van der Waals surface area (Å²) in [6, 6.07) is 71.6. The zero-order chi connectivity index (χ0) is 38.4. The van der Waals surface area contributed by atoms with Crippen LogP contribution in [0, 0.1) is 0 Å². The van der Waals surface area contributed by atoms with Crippen LogP contribution in [0.25, 0.3) is 110 Å². The van der Waals surface area contributed by atoms with Gasteiger partial charge in [-0.1, -0.05) is 164 Å². The predicted molar refractivity (Wildman–Crippen MR) is 242 cm³/mol. The minimum Gasteiger partial charge on any atom is -0.265 e. The van der Waals surface area contributed by atoms with Crippen molar-refractivity contribution in [1.29, 1.82) is 0 Å². The fourth-order valence-corrected chi connectivity index (χ4v) is 8.56. The molecule has 3 heteroatoms. The Morgan fingerprint density at radius 3 is 1.48 bits per heavy atom. The molecule has 0 saturated carbocycles. The van der Waals surface area contributed by atoms with Crippen LogP contribution >= 0.6 is 0 Å². The third-order valence-corrected chi connectivity index (χ3v) is 11.4. The molecule has 58 heavy (non-hydrogen) atoms. The Bertz CT molecular complexity index is 3310. The molecule has 9 aromatic carbocycles. The van der Waals surface area contributed by atoms with Crippen LogP contribution in [0.3, 0.4) is 0 Å². The molecular formula is C55H35N3. The normalized spacial score (nSPS) is 11.4. The predicted octanol–water partition coefficient (Wildman–Crippen LogP) is 14.5. The van der Waals surface area contributed by atoms with Crippen molar-refractivity contribution in [3.05, 3.63) is 213 Å². The second-order valence-electron chi connectivity index (χ2n) is 14.8. The molecule has 0 bridgehead atoms. The maximum atomic E-state index is 5.23. The third kappa shape index (κ3) is 5.89. The largest absolute Gasteiger partial charge is 0.265 e. The van der Waals surface area contributed by atoms with Crippen molar-refractivity contribution in [2.75, 3.05) is 0 Å². The smallest absolute Gasteiger partial charge is 0.160 e. The Balaban J connectivity index is 1.08. The van der Waals surface area contributed by atoms with Gasteiger partial charge in [-0.3, -0.25) is 4.98 Å². The molecule has 0 fully saturated rings. The van der Waals surface area contributed by atoms with Crippen LogP contribution in [0.5, 0.6) is 0 Å². The van der Waals surface area contributed by atoms with Gasteiger partial charge in [0.2, 0.25) is 0 Å². The molecule has 0 aliphatic rings. The summed E-state index contributed by atoms with van der Waals surface area (Å²) in [5, 5.41) is 9.91. The van der Waals surface area contributed by atoms with E-state index >= 15 is 0 Å². The first-order valence-corrected chi connectivity index (χ1v) is 19.7.